The molecule has 0 spiro atoms. The third-order valence-electron chi connectivity index (χ3n) is 10.7. The highest BCUT2D eigenvalue weighted by atomic mass is 16.3. The van der Waals surface area contributed by atoms with Crippen LogP contribution in [0.1, 0.15) is 41.5 Å². The maximum absolute atomic E-state index is 6.36. The first-order valence-corrected chi connectivity index (χ1v) is 22.0. The molecule has 0 bridgehead atoms. The molecule has 0 unspecified atom stereocenters. The van der Waals surface area contributed by atoms with Crippen molar-refractivity contribution in [2.75, 3.05) is 0 Å². The fourth-order valence-corrected chi connectivity index (χ4v) is 8.06. The van der Waals surface area contributed by atoms with Crippen molar-refractivity contribution in [3.05, 3.63) is 213 Å². The van der Waals surface area contributed by atoms with E-state index in [0.717, 1.165) is 60.7 Å². The Morgan fingerprint density at radius 3 is 1.32 bits per heavy atom. The maximum atomic E-state index is 6.36. The van der Waals surface area contributed by atoms with E-state index in [1.54, 1.807) is 12.2 Å². The Labute approximate surface area is 371 Å². The second kappa shape index (κ2) is 20.3. The number of hydrogen-bond donors (Lipinski definition) is 0. The van der Waals surface area contributed by atoms with Crippen LogP contribution in [0.2, 0.25) is 0 Å². The van der Waals surface area contributed by atoms with Crippen molar-refractivity contribution >= 4 is 65.7 Å². The van der Waals surface area contributed by atoms with Gasteiger partial charge in [0.15, 0.2) is 0 Å². The Hall–Kier alpha value is -7.62. The molecule has 63 heavy (non-hydrogen) atoms. The average Bonchev–Trinajstić information content (AvgIpc) is 4.02. The Balaban J connectivity index is 0.000000450. The fourth-order valence-electron chi connectivity index (χ4n) is 8.06. The minimum Gasteiger partial charge on any atom is -0.456 e. The molecular weight excluding hydrogens is 767 g/mol. The standard InChI is InChI=1S/C48H29NO2.C5H8.C3H6.2C2H6/c1-2-11-36(12-3-1)49-43-15-6-4-13-37(43)39-26-32(17-21-44(39)49)35-20-24-48-42(29-35)41-28-34(19-23-47(41)51-48)31-10-8-9-30(25-31)33-18-22-46-40(27-33)38-14-5-7-16-45(38)50-46;1-3-5-4-2;1-3-2;2*1-2/h1-29H;3-5H,1H2,2H3;3H,1H2,2H3;2*1-2H3/b;5-4-;;;. The second-order valence-corrected chi connectivity index (χ2v) is 14.5. The number of furan rings is 2. The molecule has 3 aromatic heterocycles. The van der Waals surface area contributed by atoms with Gasteiger partial charge in [-0.3, -0.25) is 0 Å². The lowest BCUT2D eigenvalue weighted by Crippen LogP contribution is -1.92. The molecule has 0 aliphatic rings. The van der Waals surface area contributed by atoms with Crippen LogP contribution in [0, 0.1) is 0 Å². The van der Waals surface area contributed by atoms with Crippen LogP contribution in [0.25, 0.3) is 105 Å². The summed E-state index contributed by atoms with van der Waals surface area (Å²) in [6.45, 7) is 18.7. The van der Waals surface area contributed by atoms with Crippen LogP contribution in [0.15, 0.2) is 222 Å². The van der Waals surface area contributed by atoms with Crippen molar-refractivity contribution in [1.29, 1.82) is 0 Å². The minimum absolute atomic E-state index is 0.890. The maximum Gasteiger partial charge on any atom is 0.135 e. The monoisotopic (exact) mass is 821 g/mol. The van der Waals surface area contributed by atoms with Gasteiger partial charge in [0.05, 0.1) is 11.0 Å². The van der Waals surface area contributed by atoms with Crippen LogP contribution >= 0.6 is 0 Å². The van der Waals surface area contributed by atoms with Gasteiger partial charge < -0.3 is 13.4 Å². The van der Waals surface area contributed by atoms with Crippen LogP contribution in [-0.4, -0.2) is 4.57 Å². The Morgan fingerprint density at radius 1 is 0.381 bits per heavy atom. The molecule has 3 nitrogen and oxygen atoms in total. The van der Waals surface area contributed by atoms with Crippen LogP contribution < -0.4 is 0 Å². The summed E-state index contributed by atoms with van der Waals surface area (Å²) in [5.41, 5.74) is 14.2. The van der Waals surface area contributed by atoms with E-state index in [2.05, 4.69) is 182 Å². The molecular formula is C60H55NO2. The van der Waals surface area contributed by atoms with Gasteiger partial charge in [-0.05, 0) is 126 Å². The zero-order valence-corrected chi connectivity index (χ0v) is 37.2. The number of benzene rings is 8. The zero-order valence-electron chi connectivity index (χ0n) is 37.2. The molecule has 8 aromatic carbocycles. The first-order chi connectivity index (χ1) is 31.1. The lowest BCUT2D eigenvalue weighted by Gasteiger charge is -2.08. The van der Waals surface area contributed by atoms with E-state index in [-0.39, 0.29) is 0 Å². The van der Waals surface area contributed by atoms with Gasteiger partial charge >= 0.3 is 0 Å². The zero-order chi connectivity index (χ0) is 44.3. The van der Waals surface area contributed by atoms with Gasteiger partial charge in [0, 0.05) is 38.0 Å². The van der Waals surface area contributed by atoms with E-state index in [1.165, 1.54) is 44.1 Å². The van der Waals surface area contributed by atoms with E-state index in [4.69, 9.17) is 8.83 Å². The van der Waals surface area contributed by atoms with Crippen LogP contribution in [0.5, 0.6) is 0 Å². The van der Waals surface area contributed by atoms with E-state index in [1.807, 2.05) is 65.8 Å². The Morgan fingerprint density at radius 2 is 0.794 bits per heavy atom. The molecule has 11 rings (SSSR count). The highest BCUT2D eigenvalue weighted by Crippen LogP contribution is 2.39. The van der Waals surface area contributed by atoms with Gasteiger partial charge in [-0.25, -0.2) is 0 Å². The number of para-hydroxylation sites is 3. The summed E-state index contributed by atoms with van der Waals surface area (Å²) in [6, 6.07) is 62.7. The number of hydrogen-bond acceptors (Lipinski definition) is 2. The summed E-state index contributed by atoms with van der Waals surface area (Å²) < 4.78 is 14.8. The summed E-state index contributed by atoms with van der Waals surface area (Å²) in [5, 5.41) is 6.99. The van der Waals surface area contributed by atoms with Crippen LogP contribution in [-0.2, 0) is 0 Å². The highest BCUT2D eigenvalue weighted by Gasteiger charge is 2.15. The van der Waals surface area contributed by atoms with E-state index >= 15 is 0 Å². The first-order valence-electron chi connectivity index (χ1n) is 22.0. The third kappa shape index (κ3) is 8.78. The second-order valence-electron chi connectivity index (χ2n) is 14.5. The van der Waals surface area contributed by atoms with Crippen LogP contribution in [0.3, 0.4) is 0 Å². The minimum atomic E-state index is 0.890. The predicted molar refractivity (Wildman–Crippen MR) is 275 cm³/mol. The molecule has 3 heterocycles. The Kier molecular flexibility index (Phi) is 14.0. The van der Waals surface area contributed by atoms with Crippen LogP contribution in [0.4, 0.5) is 0 Å². The smallest absolute Gasteiger partial charge is 0.135 e. The quantitative estimate of drug-likeness (QED) is 0.128. The van der Waals surface area contributed by atoms with Gasteiger partial charge in [-0.1, -0.05) is 156 Å². The SMILES string of the molecule is C=C/C=C\C.C=CC.CC.CC.c1ccc(-n2c3ccccc3c3cc(-c4ccc5oc6ccc(-c7cccc(-c8ccc9oc%10ccccc%10c9c8)c7)cc6c5c4)ccc32)cc1. The molecule has 0 radical (unpaired) electrons. The van der Waals surface area contributed by atoms with Gasteiger partial charge in [0.2, 0.25) is 0 Å². The number of allylic oxidation sites excluding steroid dienone is 4. The van der Waals surface area contributed by atoms with Crippen molar-refractivity contribution in [2.24, 2.45) is 0 Å². The number of nitrogens with zero attached hydrogens (tertiary/aromatic N) is 1. The molecule has 0 aliphatic heterocycles. The fraction of sp³-hybridized carbons (Fsp3) is 0.100. The van der Waals surface area contributed by atoms with E-state index < -0.39 is 0 Å². The lowest BCUT2D eigenvalue weighted by molar-refractivity contribution is 0.668. The third-order valence-corrected chi connectivity index (χ3v) is 10.7. The number of aromatic nitrogens is 1. The molecule has 0 saturated heterocycles. The predicted octanol–water partition coefficient (Wildman–Crippen LogP) is 18.6. The molecule has 0 fully saturated rings. The molecule has 11 aromatic rings. The van der Waals surface area contributed by atoms with Gasteiger partial charge in [-0.2, -0.15) is 0 Å². The molecule has 0 aliphatic carbocycles. The number of fused-ring (bicyclic) bond motifs is 9. The van der Waals surface area contributed by atoms with Crippen molar-refractivity contribution in [3.8, 4) is 39.1 Å². The van der Waals surface area contributed by atoms with Gasteiger partial charge in [-0.15, -0.1) is 6.58 Å². The Bertz CT molecular complexity index is 3340. The molecule has 0 atom stereocenters. The summed E-state index contributed by atoms with van der Waals surface area (Å²) >= 11 is 0. The average molecular weight is 822 g/mol. The molecule has 3 heteroatoms. The lowest BCUT2D eigenvalue weighted by atomic mass is 9.96. The summed E-state index contributed by atoms with van der Waals surface area (Å²) in [7, 11) is 0. The summed E-state index contributed by atoms with van der Waals surface area (Å²) in [5.74, 6) is 0. The van der Waals surface area contributed by atoms with E-state index in [9.17, 15) is 0 Å². The summed E-state index contributed by atoms with van der Waals surface area (Å²) in [4.78, 5) is 0. The molecule has 312 valence electrons. The van der Waals surface area contributed by atoms with Crippen molar-refractivity contribution in [1.82, 2.24) is 4.57 Å². The van der Waals surface area contributed by atoms with Crippen molar-refractivity contribution < 1.29 is 8.83 Å². The molecule has 0 amide bonds. The normalized spacial score (nSPS) is 10.8. The summed E-state index contributed by atoms with van der Waals surface area (Å²) in [6.07, 6.45) is 7.33. The highest BCUT2D eigenvalue weighted by molar-refractivity contribution is 6.12. The van der Waals surface area contributed by atoms with Gasteiger partial charge in [0.1, 0.15) is 22.3 Å². The largest absolute Gasteiger partial charge is 0.456 e. The van der Waals surface area contributed by atoms with Crippen molar-refractivity contribution in [3.63, 3.8) is 0 Å². The molecule has 0 saturated carbocycles. The van der Waals surface area contributed by atoms with Gasteiger partial charge in [0.25, 0.3) is 0 Å². The number of rotatable bonds is 5. The molecule has 0 N–H and O–H groups in total. The first kappa shape index (κ1) is 43.5. The topological polar surface area (TPSA) is 31.2 Å². The van der Waals surface area contributed by atoms with Crippen molar-refractivity contribution in [2.45, 2.75) is 41.5 Å². The van der Waals surface area contributed by atoms with E-state index in [0.29, 0.717) is 0 Å².